The summed E-state index contributed by atoms with van der Waals surface area (Å²) in [5.41, 5.74) is 5.31. The molecule has 29 heavy (non-hydrogen) atoms. The summed E-state index contributed by atoms with van der Waals surface area (Å²) in [6.07, 6.45) is 5.92. The molecule has 0 amide bonds. The van der Waals surface area contributed by atoms with E-state index in [4.69, 9.17) is 0 Å². The first kappa shape index (κ1) is 21.5. The minimum Gasteiger partial charge on any atom is -0.344 e. The molecule has 1 aliphatic carbocycles. The molecule has 2 aliphatic rings. The highest BCUT2D eigenvalue weighted by Crippen LogP contribution is 2.49. The van der Waals surface area contributed by atoms with Crippen LogP contribution >= 0.6 is 0 Å². The summed E-state index contributed by atoms with van der Waals surface area (Å²) in [6.45, 7) is 9.76. The monoisotopic (exact) mass is 394 g/mol. The predicted octanol–water partition coefficient (Wildman–Crippen LogP) is 4.82. The highest BCUT2D eigenvalue weighted by atomic mass is 16.1. The summed E-state index contributed by atoms with van der Waals surface area (Å²) in [6, 6.07) is 6.14. The molecule has 1 atom stereocenters. The van der Waals surface area contributed by atoms with Crippen LogP contribution in [0.3, 0.4) is 0 Å². The maximum Gasteiger partial charge on any atom is 0.165 e. The van der Waals surface area contributed by atoms with Gasteiger partial charge in [0.05, 0.1) is 0 Å². The van der Waals surface area contributed by atoms with E-state index in [0.29, 0.717) is 0 Å². The van der Waals surface area contributed by atoms with Crippen LogP contribution in [-0.4, -0.2) is 43.7 Å². The summed E-state index contributed by atoms with van der Waals surface area (Å²) >= 11 is 0. The van der Waals surface area contributed by atoms with Gasteiger partial charge in [-0.05, 0) is 68.9 Å². The fourth-order valence-corrected chi connectivity index (χ4v) is 4.30. The van der Waals surface area contributed by atoms with Crippen molar-refractivity contribution in [2.75, 3.05) is 32.1 Å². The number of benzene rings is 1. The van der Waals surface area contributed by atoms with Crippen molar-refractivity contribution < 1.29 is 9.59 Å². The van der Waals surface area contributed by atoms with Crippen molar-refractivity contribution in [3.05, 3.63) is 52.7 Å². The van der Waals surface area contributed by atoms with Crippen molar-refractivity contribution in [2.24, 2.45) is 11.8 Å². The van der Waals surface area contributed by atoms with E-state index in [2.05, 4.69) is 42.1 Å². The predicted molar refractivity (Wildman–Crippen MR) is 119 cm³/mol. The Morgan fingerprint density at radius 2 is 1.76 bits per heavy atom. The number of fused-ring (bicyclic) bond motifs is 3. The third kappa shape index (κ3) is 4.37. The van der Waals surface area contributed by atoms with E-state index in [1.54, 1.807) is 0 Å². The van der Waals surface area contributed by atoms with Gasteiger partial charge in [-0.3, -0.25) is 9.59 Å². The molecular weight excluding hydrogens is 360 g/mol. The molecule has 0 radical (unpaired) electrons. The number of hydrogen-bond donors (Lipinski definition) is 0. The zero-order valence-corrected chi connectivity index (χ0v) is 18.7. The number of carbonyl (C=O) groups excluding carboxylic acids is 2. The molecule has 4 heteroatoms. The average molecular weight is 395 g/mol. The molecule has 0 saturated carbocycles. The Morgan fingerprint density at radius 3 is 2.38 bits per heavy atom. The third-order valence-electron chi connectivity index (χ3n) is 5.88. The van der Waals surface area contributed by atoms with Gasteiger partial charge in [0.1, 0.15) is 0 Å². The summed E-state index contributed by atoms with van der Waals surface area (Å²) in [4.78, 5) is 29.8. The number of carbonyl (C=O) groups is 2. The Bertz CT molecular complexity index is 862. The van der Waals surface area contributed by atoms with Crippen LogP contribution < -0.4 is 4.90 Å². The van der Waals surface area contributed by atoms with E-state index in [-0.39, 0.29) is 29.3 Å². The Labute approximate surface area is 175 Å². The standard InChI is InChI=1S/C25H34N2O2/c1-16(2)24(28)18-8-10-22-20(14-18)21-15-19(25(29)17(3)4)9-11-23(21)27(22)13-7-12-26(5)6/h8-11,14,16-17,21H,7,12-13,15H2,1-6H3. The molecular formula is C25H34N2O2. The van der Waals surface area contributed by atoms with Gasteiger partial charge >= 0.3 is 0 Å². The largest absolute Gasteiger partial charge is 0.344 e. The first-order chi connectivity index (χ1) is 13.7. The minimum atomic E-state index is -0.0232. The lowest BCUT2D eigenvalue weighted by molar-refractivity contribution is -0.118. The van der Waals surface area contributed by atoms with Gasteiger partial charge in [0, 0.05) is 41.2 Å². The maximum atomic E-state index is 12.6. The van der Waals surface area contributed by atoms with Crippen LogP contribution in [0.1, 0.15) is 62.4 Å². The highest BCUT2D eigenvalue weighted by molar-refractivity contribution is 5.99. The van der Waals surface area contributed by atoms with E-state index in [1.165, 1.54) is 16.9 Å². The second kappa shape index (κ2) is 8.66. The van der Waals surface area contributed by atoms with Crippen LogP contribution in [0.25, 0.3) is 0 Å². The van der Waals surface area contributed by atoms with Crippen molar-refractivity contribution in [1.29, 1.82) is 0 Å². The second-order valence-electron chi connectivity index (χ2n) is 9.16. The van der Waals surface area contributed by atoms with Crippen LogP contribution in [0.2, 0.25) is 0 Å². The minimum absolute atomic E-state index is 0.00196. The lowest BCUT2D eigenvalue weighted by Gasteiger charge is -2.26. The molecule has 0 fully saturated rings. The molecule has 0 bridgehead atoms. The lowest BCUT2D eigenvalue weighted by atomic mass is 9.83. The zero-order chi connectivity index (χ0) is 21.3. The summed E-state index contributed by atoms with van der Waals surface area (Å²) in [7, 11) is 4.19. The van der Waals surface area contributed by atoms with Gasteiger partial charge in [-0.15, -0.1) is 0 Å². The molecule has 1 unspecified atom stereocenters. The van der Waals surface area contributed by atoms with Gasteiger partial charge in [-0.25, -0.2) is 0 Å². The topological polar surface area (TPSA) is 40.6 Å². The summed E-state index contributed by atoms with van der Waals surface area (Å²) < 4.78 is 0. The Hall–Kier alpha value is -2.20. The molecule has 1 aromatic rings. The first-order valence-electron chi connectivity index (χ1n) is 10.8. The molecule has 1 aromatic carbocycles. The molecule has 0 spiro atoms. The lowest BCUT2D eigenvalue weighted by Crippen LogP contribution is -2.26. The second-order valence-corrected chi connectivity index (χ2v) is 9.16. The van der Waals surface area contributed by atoms with Crippen molar-refractivity contribution in [3.63, 3.8) is 0 Å². The molecule has 0 aromatic heterocycles. The molecule has 0 saturated heterocycles. The highest BCUT2D eigenvalue weighted by Gasteiger charge is 2.37. The van der Waals surface area contributed by atoms with Gasteiger partial charge in [-0.2, -0.15) is 0 Å². The number of nitrogens with zero attached hydrogens (tertiary/aromatic N) is 2. The van der Waals surface area contributed by atoms with Crippen LogP contribution in [-0.2, 0) is 4.79 Å². The normalized spacial score (nSPS) is 18.1. The van der Waals surface area contributed by atoms with Gasteiger partial charge < -0.3 is 9.80 Å². The van der Waals surface area contributed by atoms with E-state index in [0.717, 1.165) is 37.1 Å². The number of allylic oxidation sites excluding steroid dienone is 4. The van der Waals surface area contributed by atoms with Crippen molar-refractivity contribution in [3.8, 4) is 0 Å². The number of hydrogen-bond acceptors (Lipinski definition) is 4. The molecule has 0 N–H and O–H groups in total. The SMILES string of the molecule is CC(C)C(=O)C1=CC=C2C(C1)c1cc(C(=O)C(C)C)ccc1N2CCCN(C)C. The smallest absolute Gasteiger partial charge is 0.165 e. The molecule has 3 rings (SSSR count). The van der Waals surface area contributed by atoms with Crippen molar-refractivity contribution in [1.82, 2.24) is 4.90 Å². The van der Waals surface area contributed by atoms with E-state index < -0.39 is 0 Å². The van der Waals surface area contributed by atoms with Crippen LogP contribution in [0.15, 0.2) is 41.6 Å². The van der Waals surface area contributed by atoms with Gasteiger partial charge in [0.15, 0.2) is 11.6 Å². The van der Waals surface area contributed by atoms with Crippen LogP contribution in [0.4, 0.5) is 5.69 Å². The Kier molecular flexibility index (Phi) is 6.42. The fraction of sp³-hybridized carbons (Fsp3) is 0.520. The van der Waals surface area contributed by atoms with Crippen molar-refractivity contribution in [2.45, 2.75) is 46.5 Å². The summed E-state index contributed by atoms with van der Waals surface area (Å²) in [5, 5.41) is 0. The van der Waals surface area contributed by atoms with E-state index >= 15 is 0 Å². The zero-order valence-electron chi connectivity index (χ0n) is 18.7. The van der Waals surface area contributed by atoms with Crippen LogP contribution in [0, 0.1) is 11.8 Å². The molecule has 1 heterocycles. The molecule has 1 aliphatic heterocycles. The van der Waals surface area contributed by atoms with Gasteiger partial charge in [0.25, 0.3) is 0 Å². The van der Waals surface area contributed by atoms with Crippen molar-refractivity contribution >= 4 is 17.3 Å². The fourth-order valence-electron chi connectivity index (χ4n) is 4.30. The summed E-state index contributed by atoms with van der Waals surface area (Å²) in [5.74, 6) is 0.538. The molecule has 156 valence electrons. The number of Topliss-reactive ketones (excluding diaryl/α,β-unsaturated/α-hetero) is 2. The Balaban J connectivity index is 1.98. The molecule has 4 nitrogen and oxygen atoms in total. The number of rotatable bonds is 8. The third-order valence-corrected chi connectivity index (χ3v) is 5.88. The van der Waals surface area contributed by atoms with Gasteiger partial charge in [0.2, 0.25) is 0 Å². The average Bonchev–Trinajstić information content (AvgIpc) is 2.99. The van der Waals surface area contributed by atoms with E-state index in [9.17, 15) is 9.59 Å². The maximum absolute atomic E-state index is 12.6. The first-order valence-corrected chi connectivity index (χ1v) is 10.8. The Morgan fingerprint density at radius 1 is 1.07 bits per heavy atom. The van der Waals surface area contributed by atoms with Crippen LogP contribution in [0.5, 0.6) is 0 Å². The number of anilines is 1. The number of ketones is 2. The quantitative estimate of drug-likeness (QED) is 0.593. The van der Waals surface area contributed by atoms with E-state index in [1.807, 2.05) is 39.8 Å². The van der Waals surface area contributed by atoms with Gasteiger partial charge in [-0.1, -0.05) is 33.8 Å².